The van der Waals surface area contributed by atoms with E-state index in [1.165, 1.54) is 36.1 Å². The Balaban J connectivity index is 2.00. The lowest BCUT2D eigenvalue weighted by atomic mass is 10.0. The van der Waals surface area contributed by atoms with Gasteiger partial charge in [-0.1, -0.05) is 12.1 Å². The molecule has 0 amide bonds. The summed E-state index contributed by atoms with van der Waals surface area (Å²) in [7, 11) is 2.01. The molecular weight excluding hydrogens is 184 g/mol. The van der Waals surface area contributed by atoms with E-state index in [1.54, 1.807) is 0 Å². The van der Waals surface area contributed by atoms with Crippen molar-refractivity contribution in [3.8, 4) is 0 Å². The average molecular weight is 204 g/mol. The van der Waals surface area contributed by atoms with E-state index in [0.29, 0.717) is 6.04 Å². The quantitative estimate of drug-likeness (QED) is 0.735. The molecule has 1 unspecified atom stereocenters. The van der Waals surface area contributed by atoms with E-state index in [1.807, 2.05) is 7.05 Å². The van der Waals surface area contributed by atoms with Crippen molar-refractivity contribution in [3.63, 3.8) is 0 Å². The van der Waals surface area contributed by atoms with Gasteiger partial charge in [0.1, 0.15) is 0 Å². The second-order valence-electron chi connectivity index (χ2n) is 4.45. The molecule has 1 heterocycles. The summed E-state index contributed by atoms with van der Waals surface area (Å²) in [5, 5.41) is 6.69. The monoisotopic (exact) mass is 204 g/mol. The van der Waals surface area contributed by atoms with Crippen molar-refractivity contribution >= 4 is 5.69 Å². The lowest BCUT2D eigenvalue weighted by Gasteiger charge is -2.05. The SMILES string of the molecule is CNCCCc1ccc2c(c1)NC(C)C2. The zero-order chi connectivity index (χ0) is 10.7. The smallest absolute Gasteiger partial charge is 0.0378 e. The van der Waals surface area contributed by atoms with Crippen LogP contribution in [0.5, 0.6) is 0 Å². The third-order valence-corrected chi connectivity index (χ3v) is 2.99. The summed E-state index contributed by atoms with van der Waals surface area (Å²) in [6.45, 7) is 3.33. The highest BCUT2D eigenvalue weighted by Gasteiger charge is 2.15. The van der Waals surface area contributed by atoms with Crippen LogP contribution in [-0.4, -0.2) is 19.6 Å². The van der Waals surface area contributed by atoms with E-state index < -0.39 is 0 Å². The molecule has 0 spiro atoms. The van der Waals surface area contributed by atoms with Crippen LogP contribution in [0.25, 0.3) is 0 Å². The van der Waals surface area contributed by atoms with Crippen LogP contribution in [0.1, 0.15) is 24.5 Å². The van der Waals surface area contributed by atoms with Crippen LogP contribution >= 0.6 is 0 Å². The minimum Gasteiger partial charge on any atom is -0.382 e. The van der Waals surface area contributed by atoms with Crippen LogP contribution in [0, 0.1) is 0 Å². The van der Waals surface area contributed by atoms with E-state index >= 15 is 0 Å². The highest BCUT2D eigenvalue weighted by molar-refractivity contribution is 5.58. The fourth-order valence-electron chi connectivity index (χ4n) is 2.21. The van der Waals surface area contributed by atoms with Gasteiger partial charge in [-0.05, 0) is 57.0 Å². The fourth-order valence-corrected chi connectivity index (χ4v) is 2.21. The first-order chi connectivity index (χ1) is 7.29. The van der Waals surface area contributed by atoms with E-state index in [4.69, 9.17) is 0 Å². The second kappa shape index (κ2) is 4.67. The van der Waals surface area contributed by atoms with Crippen molar-refractivity contribution in [1.29, 1.82) is 0 Å². The molecule has 0 aliphatic carbocycles. The fraction of sp³-hybridized carbons (Fsp3) is 0.538. The Labute approximate surface area is 92.1 Å². The molecule has 0 saturated carbocycles. The average Bonchev–Trinajstić information content (AvgIpc) is 2.57. The standard InChI is InChI=1S/C13H20N2/c1-10-8-12-6-5-11(4-3-7-14-2)9-13(12)15-10/h5-6,9-10,14-15H,3-4,7-8H2,1-2H3. The van der Waals surface area contributed by atoms with Crippen molar-refractivity contribution in [3.05, 3.63) is 29.3 Å². The molecule has 0 bridgehead atoms. The van der Waals surface area contributed by atoms with Crippen LogP contribution in [-0.2, 0) is 12.8 Å². The summed E-state index contributed by atoms with van der Waals surface area (Å²) in [4.78, 5) is 0. The van der Waals surface area contributed by atoms with Crippen molar-refractivity contribution in [2.24, 2.45) is 0 Å². The Hall–Kier alpha value is -1.02. The molecular formula is C13H20N2. The van der Waals surface area contributed by atoms with Crippen LogP contribution < -0.4 is 10.6 Å². The van der Waals surface area contributed by atoms with Crippen LogP contribution in [0.3, 0.4) is 0 Å². The van der Waals surface area contributed by atoms with E-state index in [-0.39, 0.29) is 0 Å². The highest BCUT2D eigenvalue weighted by atomic mass is 14.9. The van der Waals surface area contributed by atoms with Gasteiger partial charge in [0.2, 0.25) is 0 Å². The molecule has 2 heteroatoms. The first kappa shape index (κ1) is 10.5. The molecule has 0 fully saturated rings. The van der Waals surface area contributed by atoms with E-state index in [0.717, 1.165) is 6.54 Å². The van der Waals surface area contributed by atoms with Crippen LogP contribution in [0.2, 0.25) is 0 Å². The molecule has 2 nitrogen and oxygen atoms in total. The first-order valence-electron chi connectivity index (χ1n) is 5.82. The molecule has 0 saturated heterocycles. The number of fused-ring (bicyclic) bond motifs is 1. The van der Waals surface area contributed by atoms with E-state index in [2.05, 4.69) is 35.8 Å². The number of aryl methyl sites for hydroxylation is 1. The van der Waals surface area contributed by atoms with Crippen molar-refractivity contribution in [2.45, 2.75) is 32.2 Å². The maximum absolute atomic E-state index is 3.51. The third kappa shape index (κ3) is 2.51. The molecule has 15 heavy (non-hydrogen) atoms. The summed E-state index contributed by atoms with van der Waals surface area (Å²) in [6.07, 6.45) is 3.56. The second-order valence-corrected chi connectivity index (χ2v) is 4.45. The minimum atomic E-state index is 0.604. The summed E-state index contributed by atoms with van der Waals surface area (Å²) >= 11 is 0. The summed E-state index contributed by atoms with van der Waals surface area (Å²) in [5.74, 6) is 0. The first-order valence-corrected chi connectivity index (χ1v) is 5.82. The third-order valence-electron chi connectivity index (χ3n) is 2.99. The largest absolute Gasteiger partial charge is 0.382 e. The van der Waals surface area contributed by atoms with Crippen LogP contribution in [0.4, 0.5) is 5.69 Å². The Morgan fingerprint density at radius 3 is 3.13 bits per heavy atom. The Bertz CT molecular complexity index is 333. The Kier molecular flexibility index (Phi) is 3.27. The van der Waals surface area contributed by atoms with Gasteiger partial charge in [0.15, 0.2) is 0 Å². The Morgan fingerprint density at radius 1 is 1.47 bits per heavy atom. The van der Waals surface area contributed by atoms with Gasteiger partial charge in [0, 0.05) is 11.7 Å². The zero-order valence-electron chi connectivity index (χ0n) is 9.64. The van der Waals surface area contributed by atoms with Gasteiger partial charge in [0.05, 0.1) is 0 Å². The number of nitrogens with one attached hydrogen (secondary N) is 2. The summed E-state index contributed by atoms with van der Waals surface area (Å²) in [5.41, 5.74) is 4.27. The summed E-state index contributed by atoms with van der Waals surface area (Å²) in [6, 6.07) is 7.47. The van der Waals surface area contributed by atoms with Gasteiger partial charge in [-0.3, -0.25) is 0 Å². The molecule has 2 N–H and O–H groups in total. The van der Waals surface area contributed by atoms with Gasteiger partial charge in [-0.25, -0.2) is 0 Å². The van der Waals surface area contributed by atoms with Gasteiger partial charge in [0.25, 0.3) is 0 Å². The number of benzene rings is 1. The molecule has 1 aromatic carbocycles. The maximum atomic E-state index is 3.51. The number of rotatable bonds is 4. The normalized spacial score (nSPS) is 18.7. The topological polar surface area (TPSA) is 24.1 Å². The van der Waals surface area contributed by atoms with Gasteiger partial charge in [-0.2, -0.15) is 0 Å². The summed E-state index contributed by atoms with van der Waals surface area (Å²) < 4.78 is 0. The minimum absolute atomic E-state index is 0.604. The molecule has 1 aromatic rings. The van der Waals surface area contributed by atoms with Crippen molar-refractivity contribution in [1.82, 2.24) is 5.32 Å². The number of hydrogen-bond acceptors (Lipinski definition) is 2. The lowest BCUT2D eigenvalue weighted by molar-refractivity contribution is 0.725. The molecule has 2 rings (SSSR count). The predicted octanol–water partition coefficient (Wildman–Crippen LogP) is 2.20. The predicted molar refractivity (Wildman–Crippen MR) is 65.5 cm³/mol. The molecule has 1 aliphatic rings. The van der Waals surface area contributed by atoms with Crippen molar-refractivity contribution in [2.75, 3.05) is 18.9 Å². The van der Waals surface area contributed by atoms with Crippen molar-refractivity contribution < 1.29 is 0 Å². The highest BCUT2D eigenvalue weighted by Crippen LogP contribution is 2.26. The molecule has 1 aliphatic heterocycles. The maximum Gasteiger partial charge on any atom is 0.0378 e. The number of hydrogen-bond donors (Lipinski definition) is 2. The molecule has 1 atom stereocenters. The van der Waals surface area contributed by atoms with Crippen LogP contribution in [0.15, 0.2) is 18.2 Å². The molecule has 0 radical (unpaired) electrons. The van der Waals surface area contributed by atoms with Gasteiger partial charge >= 0.3 is 0 Å². The van der Waals surface area contributed by atoms with Gasteiger partial charge < -0.3 is 10.6 Å². The lowest BCUT2D eigenvalue weighted by Crippen LogP contribution is -2.09. The number of anilines is 1. The van der Waals surface area contributed by atoms with E-state index in [9.17, 15) is 0 Å². The zero-order valence-corrected chi connectivity index (χ0v) is 9.64. The Morgan fingerprint density at radius 2 is 2.33 bits per heavy atom. The van der Waals surface area contributed by atoms with Gasteiger partial charge in [-0.15, -0.1) is 0 Å². The molecule has 82 valence electrons. The molecule has 0 aromatic heterocycles.